The van der Waals surface area contributed by atoms with Crippen molar-refractivity contribution in [2.75, 3.05) is 12.4 Å². The molecular formula is C25H26FNO2. The Morgan fingerprint density at radius 3 is 2.52 bits per heavy atom. The monoisotopic (exact) mass is 391 g/mol. The van der Waals surface area contributed by atoms with Crippen molar-refractivity contribution in [1.29, 1.82) is 0 Å². The molecule has 3 aromatic rings. The van der Waals surface area contributed by atoms with Crippen LogP contribution in [0.5, 0.6) is 11.5 Å². The van der Waals surface area contributed by atoms with Crippen molar-refractivity contribution in [2.45, 2.75) is 26.5 Å². The van der Waals surface area contributed by atoms with Crippen LogP contribution in [0.2, 0.25) is 0 Å². The summed E-state index contributed by atoms with van der Waals surface area (Å²) < 4.78 is 24.8. The van der Waals surface area contributed by atoms with Crippen LogP contribution < -0.4 is 14.8 Å². The molecule has 0 aromatic heterocycles. The van der Waals surface area contributed by atoms with Crippen molar-refractivity contribution < 1.29 is 13.9 Å². The molecule has 0 aliphatic rings. The third-order valence-corrected chi connectivity index (χ3v) is 4.59. The second kappa shape index (κ2) is 9.78. The first-order chi connectivity index (χ1) is 14.1. The molecule has 3 aromatic carbocycles. The van der Waals surface area contributed by atoms with Gasteiger partial charge in [0.15, 0.2) is 11.5 Å². The number of aryl methyl sites for hydroxylation is 1. The molecule has 3 rings (SSSR count). The molecule has 150 valence electrons. The molecule has 0 fully saturated rings. The maximum Gasteiger partial charge on any atom is 0.165 e. The molecule has 3 nitrogen and oxygen atoms in total. The van der Waals surface area contributed by atoms with E-state index in [0.29, 0.717) is 31.1 Å². The summed E-state index contributed by atoms with van der Waals surface area (Å²) in [4.78, 5) is 0. The van der Waals surface area contributed by atoms with Crippen molar-refractivity contribution in [2.24, 2.45) is 0 Å². The van der Waals surface area contributed by atoms with Gasteiger partial charge in [0, 0.05) is 17.8 Å². The molecule has 0 heterocycles. The lowest BCUT2D eigenvalue weighted by atomic mass is 10.0. The lowest BCUT2D eigenvalue weighted by molar-refractivity contribution is 0.281. The molecule has 0 saturated heterocycles. The van der Waals surface area contributed by atoms with E-state index in [-0.39, 0.29) is 5.82 Å². The molecule has 1 N–H and O–H groups in total. The van der Waals surface area contributed by atoms with Crippen LogP contribution in [0.1, 0.15) is 22.3 Å². The summed E-state index contributed by atoms with van der Waals surface area (Å²) in [5, 5.41) is 3.45. The molecule has 4 heteroatoms. The van der Waals surface area contributed by atoms with Crippen molar-refractivity contribution in [3.05, 3.63) is 101 Å². The number of rotatable bonds is 9. The van der Waals surface area contributed by atoms with Gasteiger partial charge in [0.1, 0.15) is 12.4 Å². The standard InChI is InChI=1S/C25H26FNO2/c1-4-6-21-14-20(16-27-23-8-5-7-18(2)13-23)15-24(28-3)25(21)29-17-19-9-11-22(26)12-10-19/h4-5,7-15,27H,1,6,16-17H2,2-3H3. The van der Waals surface area contributed by atoms with Crippen LogP contribution in [0, 0.1) is 12.7 Å². The number of anilines is 1. The largest absolute Gasteiger partial charge is 0.493 e. The minimum atomic E-state index is -0.260. The van der Waals surface area contributed by atoms with E-state index in [9.17, 15) is 4.39 Å². The number of benzene rings is 3. The van der Waals surface area contributed by atoms with Crippen LogP contribution >= 0.6 is 0 Å². The van der Waals surface area contributed by atoms with Crippen molar-refractivity contribution in [1.82, 2.24) is 0 Å². The average molecular weight is 391 g/mol. The van der Waals surface area contributed by atoms with E-state index < -0.39 is 0 Å². The van der Waals surface area contributed by atoms with Gasteiger partial charge in [0.25, 0.3) is 0 Å². The summed E-state index contributed by atoms with van der Waals surface area (Å²) in [5.74, 6) is 1.10. The summed E-state index contributed by atoms with van der Waals surface area (Å²) in [6, 6.07) is 18.7. The maximum atomic E-state index is 13.1. The number of allylic oxidation sites excluding steroid dienone is 1. The Hall–Kier alpha value is -3.27. The molecule has 0 atom stereocenters. The van der Waals surface area contributed by atoms with Gasteiger partial charge in [-0.2, -0.15) is 0 Å². The highest BCUT2D eigenvalue weighted by atomic mass is 19.1. The first-order valence-corrected chi connectivity index (χ1v) is 9.57. The normalized spacial score (nSPS) is 10.4. The van der Waals surface area contributed by atoms with E-state index in [4.69, 9.17) is 9.47 Å². The number of ether oxygens (including phenoxy) is 2. The zero-order valence-corrected chi connectivity index (χ0v) is 16.9. The number of methoxy groups -OCH3 is 1. The highest BCUT2D eigenvalue weighted by Crippen LogP contribution is 2.34. The minimum absolute atomic E-state index is 0.260. The fourth-order valence-corrected chi connectivity index (χ4v) is 3.14. The molecule has 0 bridgehead atoms. The Bertz CT molecular complexity index is 967. The van der Waals surface area contributed by atoms with E-state index in [1.807, 2.05) is 18.2 Å². The Balaban J connectivity index is 1.80. The van der Waals surface area contributed by atoms with E-state index in [1.165, 1.54) is 17.7 Å². The van der Waals surface area contributed by atoms with E-state index in [2.05, 4.69) is 43.1 Å². The third kappa shape index (κ3) is 5.61. The van der Waals surface area contributed by atoms with Gasteiger partial charge in [-0.15, -0.1) is 6.58 Å². The number of nitrogens with one attached hydrogen (secondary N) is 1. The van der Waals surface area contributed by atoms with Crippen LogP contribution in [0.3, 0.4) is 0 Å². The lowest BCUT2D eigenvalue weighted by Crippen LogP contribution is -2.05. The van der Waals surface area contributed by atoms with Gasteiger partial charge in [-0.1, -0.05) is 30.3 Å². The van der Waals surface area contributed by atoms with Gasteiger partial charge < -0.3 is 14.8 Å². The summed E-state index contributed by atoms with van der Waals surface area (Å²) in [7, 11) is 1.63. The van der Waals surface area contributed by atoms with E-state index in [0.717, 1.165) is 22.4 Å². The smallest absolute Gasteiger partial charge is 0.165 e. The molecule has 0 aliphatic heterocycles. The van der Waals surface area contributed by atoms with Crippen molar-refractivity contribution in [3.8, 4) is 11.5 Å². The van der Waals surface area contributed by atoms with Crippen molar-refractivity contribution in [3.63, 3.8) is 0 Å². The zero-order chi connectivity index (χ0) is 20.6. The van der Waals surface area contributed by atoms with Gasteiger partial charge in [0.05, 0.1) is 7.11 Å². The molecule has 0 aliphatic carbocycles. The summed E-state index contributed by atoms with van der Waals surface area (Å²) in [6.07, 6.45) is 2.50. The molecule has 0 saturated carbocycles. The quantitative estimate of drug-likeness (QED) is 0.450. The average Bonchev–Trinajstić information content (AvgIpc) is 2.72. The zero-order valence-electron chi connectivity index (χ0n) is 16.9. The SMILES string of the molecule is C=CCc1cc(CNc2cccc(C)c2)cc(OC)c1OCc1ccc(F)cc1. The first-order valence-electron chi connectivity index (χ1n) is 9.57. The Morgan fingerprint density at radius 1 is 1.03 bits per heavy atom. The van der Waals surface area contributed by atoms with Crippen LogP contribution in [-0.4, -0.2) is 7.11 Å². The highest BCUT2D eigenvalue weighted by molar-refractivity contribution is 5.52. The summed E-state index contributed by atoms with van der Waals surface area (Å²) >= 11 is 0. The highest BCUT2D eigenvalue weighted by Gasteiger charge is 2.13. The molecule has 29 heavy (non-hydrogen) atoms. The van der Waals surface area contributed by atoms with Gasteiger partial charge in [-0.3, -0.25) is 0 Å². The molecule has 0 spiro atoms. The number of hydrogen-bond acceptors (Lipinski definition) is 3. The van der Waals surface area contributed by atoms with Crippen molar-refractivity contribution >= 4 is 5.69 Å². The second-order valence-electron chi connectivity index (χ2n) is 6.92. The van der Waals surface area contributed by atoms with Crippen LogP contribution in [-0.2, 0) is 19.6 Å². The second-order valence-corrected chi connectivity index (χ2v) is 6.92. The van der Waals surface area contributed by atoms with E-state index in [1.54, 1.807) is 19.2 Å². The molecule has 0 amide bonds. The third-order valence-electron chi connectivity index (χ3n) is 4.59. The van der Waals surface area contributed by atoms with Crippen LogP contribution in [0.4, 0.5) is 10.1 Å². The van der Waals surface area contributed by atoms with Gasteiger partial charge >= 0.3 is 0 Å². The molecule has 0 radical (unpaired) electrons. The Kier molecular flexibility index (Phi) is 6.90. The maximum absolute atomic E-state index is 13.1. The Labute approximate surface area is 171 Å². The fourth-order valence-electron chi connectivity index (χ4n) is 3.14. The summed E-state index contributed by atoms with van der Waals surface area (Å²) in [5.41, 5.74) is 5.27. The predicted octanol–water partition coefficient (Wildman–Crippen LogP) is 6.06. The van der Waals surface area contributed by atoms with E-state index >= 15 is 0 Å². The van der Waals surface area contributed by atoms with Crippen LogP contribution in [0.15, 0.2) is 73.3 Å². The topological polar surface area (TPSA) is 30.5 Å². The Morgan fingerprint density at radius 2 is 1.83 bits per heavy atom. The minimum Gasteiger partial charge on any atom is -0.493 e. The van der Waals surface area contributed by atoms with Gasteiger partial charge in [-0.05, 0) is 66.4 Å². The lowest BCUT2D eigenvalue weighted by Gasteiger charge is -2.17. The first kappa shape index (κ1) is 20.5. The van der Waals surface area contributed by atoms with Gasteiger partial charge in [-0.25, -0.2) is 4.39 Å². The number of halogens is 1. The number of hydrogen-bond donors (Lipinski definition) is 1. The van der Waals surface area contributed by atoms with Gasteiger partial charge in [0.2, 0.25) is 0 Å². The van der Waals surface area contributed by atoms with Crippen LogP contribution in [0.25, 0.3) is 0 Å². The molecular weight excluding hydrogens is 365 g/mol. The molecule has 0 unspecified atom stereocenters. The summed E-state index contributed by atoms with van der Waals surface area (Å²) in [6.45, 7) is 6.94. The predicted molar refractivity (Wildman–Crippen MR) is 116 cm³/mol. The fraction of sp³-hybridized carbons (Fsp3) is 0.200.